The van der Waals surface area contributed by atoms with Crippen molar-refractivity contribution in [3.8, 4) is 0 Å². The zero-order valence-corrected chi connectivity index (χ0v) is 12.8. The fourth-order valence-electron chi connectivity index (χ4n) is 1.27. The first-order valence-corrected chi connectivity index (χ1v) is 7.15. The Labute approximate surface area is 120 Å². The topological polar surface area (TPSA) is 42.0 Å². The van der Waals surface area contributed by atoms with Crippen molar-refractivity contribution in [2.24, 2.45) is 0 Å². The third-order valence-electron chi connectivity index (χ3n) is 2.12. The number of benzene rings is 1. The summed E-state index contributed by atoms with van der Waals surface area (Å²) in [5.74, 6) is -0.151. The van der Waals surface area contributed by atoms with Crippen LogP contribution in [-0.4, -0.2) is 10.9 Å². The SMILES string of the molecule is Cc1cc(C(=O)Nc2ncc(Br)s2)ccc1Br. The van der Waals surface area contributed by atoms with Gasteiger partial charge in [-0.25, -0.2) is 4.98 Å². The van der Waals surface area contributed by atoms with Crippen molar-refractivity contribution in [1.29, 1.82) is 0 Å². The molecule has 1 aromatic carbocycles. The number of carbonyl (C=O) groups is 1. The quantitative estimate of drug-likeness (QED) is 0.853. The van der Waals surface area contributed by atoms with E-state index in [1.807, 2.05) is 19.1 Å². The van der Waals surface area contributed by atoms with Gasteiger partial charge in [0.2, 0.25) is 0 Å². The Kier molecular flexibility index (Phi) is 3.96. The Morgan fingerprint density at radius 3 is 2.76 bits per heavy atom. The number of carbonyl (C=O) groups excluding carboxylic acids is 1. The predicted molar refractivity (Wildman–Crippen MR) is 76.6 cm³/mol. The number of aromatic nitrogens is 1. The Bertz CT molecular complexity index is 568. The average Bonchev–Trinajstić information content (AvgIpc) is 2.68. The van der Waals surface area contributed by atoms with Crippen molar-refractivity contribution in [1.82, 2.24) is 4.98 Å². The monoisotopic (exact) mass is 374 g/mol. The van der Waals surface area contributed by atoms with Gasteiger partial charge >= 0.3 is 0 Å². The minimum absolute atomic E-state index is 0.151. The molecule has 6 heteroatoms. The molecule has 1 heterocycles. The highest BCUT2D eigenvalue weighted by molar-refractivity contribution is 9.11. The summed E-state index contributed by atoms with van der Waals surface area (Å²) in [7, 11) is 0. The number of thiazole rings is 1. The molecule has 0 saturated heterocycles. The molecule has 0 aliphatic heterocycles. The molecule has 88 valence electrons. The molecule has 0 aliphatic rings. The van der Waals surface area contributed by atoms with Gasteiger partial charge in [0.1, 0.15) is 0 Å². The van der Waals surface area contributed by atoms with E-state index in [1.165, 1.54) is 11.3 Å². The third-order valence-corrected chi connectivity index (χ3v) is 4.40. The number of hydrogen-bond acceptors (Lipinski definition) is 3. The smallest absolute Gasteiger partial charge is 0.257 e. The summed E-state index contributed by atoms with van der Waals surface area (Å²) in [5, 5.41) is 3.33. The average molecular weight is 376 g/mol. The number of rotatable bonds is 2. The summed E-state index contributed by atoms with van der Waals surface area (Å²) in [6, 6.07) is 5.47. The Hall–Kier alpha value is -0.720. The van der Waals surface area contributed by atoms with Crippen molar-refractivity contribution in [2.45, 2.75) is 6.92 Å². The molecule has 0 atom stereocenters. The minimum atomic E-state index is -0.151. The van der Waals surface area contributed by atoms with Crippen LogP contribution in [0.5, 0.6) is 0 Å². The number of anilines is 1. The van der Waals surface area contributed by atoms with Crippen molar-refractivity contribution < 1.29 is 4.79 Å². The van der Waals surface area contributed by atoms with Crippen LogP contribution < -0.4 is 5.32 Å². The van der Waals surface area contributed by atoms with E-state index in [9.17, 15) is 4.79 Å². The molecule has 1 N–H and O–H groups in total. The van der Waals surface area contributed by atoms with Crippen LogP contribution >= 0.6 is 43.2 Å². The van der Waals surface area contributed by atoms with Gasteiger partial charge in [0, 0.05) is 10.0 Å². The van der Waals surface area contributed by atoms with Gasteiger partial charge in [-0.3, -0.25) is 10.1 Å². The van der Waals surface area contributed by atoms with Crippen molar-refractivity contribution in [2.75, 3.05) is 5.32 Å². The summed E-state index contributed by atoms with van der Waals surface area (Å²) in [5.41, 5.74) is 1.65. The first-order valence-electron chi connectivity index (χ1n) is 4.75. The molecular weight excluding hydrogens is 368 g/mol. The second-order valence-corrected chi connectivity index (χ2v) is 6.65. The molecule has 0 saturated carbocycles. The molecule has 3 nitrogen and oxygen atoms in total. The molecule has 17 heavy (non-hydrogen) atoms. The van der Waals surface area contributed by atoms with Crippen molar-refractivity contribution in [3.63, 3.8) is 0 Å². The first-order chi connectivity index (χ1) is 8.06. The van der Waals surface area contributed by atoms with Gasteiger partial charge in [-0.1, -0.05) is 27.3 Å². The van der Waals surface area contributed by atoms with Gasteiger partial charge in [-0.15, -0.1) is 0 Å². The van der Waals surface area contributed by atoms with Crippen LogP contribution in [0.4, 0.5) is 5.13 Å². The Morgan fingerprint density at radius 2 is 2.18 bits per heavy atom. The maximum atomic E-state index is 11.9. The van der Waals surface area contributed by atoms with Gasteiger partial charge in [-0.2, -0.15) is 0 Å². The lowest BCUT2D eigenvalue weighted by Gasteiger charge is -2.04. The Balaban J connectivity index is 2.17. The molecule has 0 spiro atoms. The van der Waals surface area contributed by atoms with Crippen LogP contribution in [-0.2, 0) is 0 Å². The number of halogens is 2. The van der Waals surface area contributed by atoms with E-state index in [2.05, 4.69) is 42.2 Å². The van der Waals surface area contributed by atoms with Crippen LogP contribution in [0, 0.1) is 6.92 Å². The van der Waals surface area contributed by atoms with Crippen LogP contribution in [0.3, 0.4) is 0 Å². The van der Waals surface area contributed by atoms with Gasteiger partial charge in [0.05, 0.1) is 9.98 Å². The molecule has 2 rings (SSSR count). The highest BCUT2D eigenvalue weighted by atomic mass is 79.9. The second kappa shape index (κ2) is 5.29. The van der Waals surface area contributed by atoms with E-state index < -0.39 is 0 Å². The molecule has 0 unspecified atom stereocenters. The second-order valence-electron chi connectivity index (χ2n) is 3.39. The Morgan fingerprint density at radius 1 is 1.41 bits per heavy atom. The highest BCUT2D eigenvalue weighted by Crippen LogP contribution is 2.24. The molecule has 1 aromatic heterocycles. The van der Waals surface area contributed by atoms with Crippen LogP contribution in [0.1, 0.15) is 15.9 Å². The fraction of sp³-hybridized carbons (Fsp3) is 0.0909. The van der Waals surface area contributed by atoms with E-state index in [-0.39, 0.29) is 5.91 Å². The van der Waals surface area contributed by atoms with Crippen LogP contribution in [0.25, 0.3) is 0 Å². The molecule has 2 aromatic rings. The van der Waals surface area contributed by atoms with Gasteiger partial charge in [0.15, 0.2) is 5.13 Å². The van der Waals surface area contributed by atoms with Gasteiger partial charge < -0.3 is 0 Å². The lowest BCUT2D eigenvalue weighted by molar-refractivity contribution is 0.102. The number of hydrogen-bond donors (Lipinski definition) is 1. The molecule has 0 radical (unpaired) electrons. The van der Waals surface area contributed by atoms with E-state index in [1.54, 1.807) is 12.3 Å². The zero-order valence-electron chi connectivity index (χ0n) is 8.83. The summed E-state index contributed by atoms with van der Waals surface area (Å²) >= 11 is 8.08. The summed E-state index contributed by atoms with van der Waals surface area (Å²) < 4.78 is 1.88. The number of nitrogens with zero attached hydrogens (tertiary/aromatic N) is 1. The first kappa shape index (κ1) is 12.7. The normalized spacial score (nSPS) is 10.3. The van der Waals surface area contributed by atoms with E-state index in [0.717, 1.165) is 13.8 Å². The largest absolute Gasteiger partial charge is 0.298 e. The van der Waals surface area contributed by atoms with Crippen LogP contribution in [0.2, 0.25) is 0 Å². The minimum Gasteiger partial charge on any atom is -0.298 e. The van der Waals surface area contributed by atoms with E-state index in [4.69, 9.17) is 0 Å². The maximum absolute atomic E-state index is 11.9. The van der Waals surface area contributed by atoms with E-state index >= 15 is 0 Å². The van der Waals surface area contributed by atoms with Crippen molar-refractivity contribution >= 4 is 54.2 Å². The standard InChI is InChI=1S/C11H8Br2N2OS/c1-6-4-7(2-3-8(6)12)10(16)15-11-14-5-9(13)17-11/h2-5H,1H3,(H,14,15,16). The lowest BCUT2D eigenvalue weighted by atomic mass is 10.1. The molecule has 0 fully saturated rings. The predicted octanol–water partition coefficient (Wildman–Crippen LogP) is 4.23. The number of nitrogens with one attached hydrogen (secondary N) is 1. The van der Waals surface area contributed by atoms with Gasteiger partial charge in [-0.05, 0) is 46.6 Å². The number of aryl methyl sites for hydroxylation is 1. The zero-order chi connectivity index (χ0) is 12.4. The summed E-state index contributed by atoms with van der Waals surface area (Å²) in [4.78, 5) is 16.0. The molecular formula is C11H8Br2N2OS. The van der Waals surface area contributed by atoms with Gasteiger partial charge in [0.25, 0.3) is 5.91 Å². The summed E-state index contributed by atoms with van der Waals surface area (Å²) in [6.07, 6.45) is 1.66. The molecule has 0 aliphatic carbocycles. The lowest BCUT2D eigenvalue weighted by Crippen LogP contribution is -2.11. The number of amides is 1. The van der Waals surface area contributed by atoms with Crippen molar-refractivity contribution in [3.05, 3.63) is 43.8 Å². The fourth-order valence-corrected chi connectivity index (χ4v) is 2.62. The molecule has 1 amide bonds. The summed E-state index contributed by atoms with van der Waals surface area (Å²) in [6.45, 7) is 1.95. The highest BCUT2D eigenvalue weighted by Gasteiger charge is 2.09. The third kappa shape index (κ3) is 3.14. The maximum Gasteiger partial charge on any atom is 0.257 e. The van der Waals surface area contributed by atoms with Crippen LogP contribution in [0.15, 0.2) is 32.7 Å². The van der Waals surface area contributed by atoms with E-state index in [0.29, 0.717) is 10.7 Å². The molecule has 0 bridgehead atoms.